The van der Waals surface area contributed by atoms with Gasteiger partial charge in [0, 0.05) is 30.2 Å². The van der Waals surface area contributed by atoms with E-state index in [2.05, 4.69) is 36.7 Å². The van der Waals surface area contributed by atoms with E-state index in [-0.39, 0.29) is 24.3 Å². The molecule has 158 valence electrons. The SMILES string of the molecule is N#Cc1cnc(NCc2ccccc2OC(F)(F)F)nc1NC1C[C@H]2CC[C@@H](C1)N2. The Kier molecular flexibility index (Phi) is 5.63. The number of nitriles is 1. The molecule has 2 bridgehead atoms. The van der Waals surface area contributed by atoms with Gasteiger partial charge in [-0.1, -0.05) is 18.2 Å². The number of aromatic nitrogens is 2. The van der Waals surface area contributed by atoms with Crippen LogP contribution >= 0.6 is 0 Å². The number of alkyl halides is 3. The van der Waals surface area contributed by atoms with Crippen molar-refractivity contribution < 1.29 is 17.9 Å². The third-order valence-corrected chi connectivity index (χ3v) is 5.36. The molecular formula is C20H21F3N6O. The second-order valence-corrected chi connectivity index (χ2v) is 7.53. The molecule has 2 aliphatic heterocycles. The van der Waals surface area contributed by atoms with E-state index < -0.39 is 6.36 Å². The van der Waals surface area contributed by atoms with Gasteiger partial charge in [-0.3, -0.25) is 0 Å². The molecule has 30 heavy (non-hydrogen) atoms. The van der Waals surface area contributed by atoms with Crippen molar-refractivity contribution >= 4 is 11.8 Å². The molecule has 3 heterocycles. The summed E-state index contributed by atoms with van der Waals surface area (Å²) in [5.74, 6) is 0.367. The summed E-state index contributed by atoms with van der Waals surface area (Å²) in [6.45, 7) is 0.0368. The predicted octanol–water partition coefficient (Wildman–Crippen LogP) is 3.55. The molecule has 10 heteroatoms. The molecule has 2 aromatic rings. The van der Waals surface area contributed by atoms with Crippen LogP contribution in [0.1, 0.15) is 36.8 Å². The standard InChI is InChI=1S/C20H21F3N6O/c21-20(22,23)30-17-4-2-1-3-12(17)10-25-19-26-11-13(9-24)18(29-19)28-16-7-14-5-6-15(8-16)27-14/h1-4,11,14-16,27H,5-8,10H2,(H2,25,26,28,29)/t14-,15+,16?. The first kappa shape index (κ1) is 20.2. The Hall–Kier alpha value is -3.06. The van der Waals surface area contributed by atoms with Crippen molar-refractivity contribution in [2.75, 3.05) is 10.6 Å². The van der Waals surface area contributed by atoms with Gasteiger partial charge in [-0.15, -0.1) is 13.2 Å². The van der Waals surface area contributed by atoms with E-state index in [9.17, 15) is 18.4 Å². The van der Waals surface area contributed by atoms with E-state index in [1.165, 1.54) is 24.4 Å². The first-order chi connectivity index (χ1) is 14.4. The van der Waals surface area contributed by atoms with Crippen LogP contribution in [0.2, 0.25) is 0 Å². The van der Waals surface area contributed by atoms with Gasteiger partial charge in [0.15, 0.2) is 0 Å². The molecule has 7 nitrogen and oxygen atoms in total. The van der Waals surface area contributed by atoms with E-state index in [1.54, 1.807) is 6.07 Å². The first-order valence-corrected chi connectivity index (χ1v) is 9.77. The maximum absolute atomic E-state index is 12.6. The maximum Gasteiger partial charge on any atom is 0.573 e. The normalized spacial score (nSPS) is 22.9. The summed E-state index contributed by atoms with van der Waals surface area (Å²) in [6, 6.07) is 9.13. The van der Waals surface area contributed by atoms with Gasteiger partial charge in [-0.05, 0) is 31.7 Å². The van der Waals surface area contributed by atoms with Gasteiger partial charge in [0.1, 0.15) is 23.2 Å². The average Bonchev–Trinajstić information content (AvgIpc) is 3.04. The van der Waals surface area contributed by atoms with Crippen LogP contribution < -0.4 is 20.7 Å². The molecule has 1 aromatic carbocycles. The first-order valence-electron chi connectivity index (χ1n) is 9.77. The van der Waals surface area contributed by atoms with Crippen molar-refractivity contribution in [3.05, 3.63) is 41.6 Å². The highest BCUT2D eigenvalue weighted by Crippen LogP contribution is 2.30. The van der Waals surface area contributed by atoms with Gasteiger partial charge < -0.3 is 20.7 Å². The summed E-state index contributed by atoms with van der Waals surface area (Å²) < 4.78 is 41.8. The number of hydrogen-bond acceptors (Lipinski definition) is 7. The van der Waals surface area contributed by atoms with Crippen LogP contribution in [0.15, 0.2) is 30.5 Å². The topological polar surface area (TPSA) is 94.9 Å². The number of halogens is 3. The molecule has 0 saturated carbocycles. The van der Waals surface area contributed by atoms with Gasteiger partial charge in [0.2, 0.25) is 5.95 Å². The summed E-state index contributed by atoms with van der Waals surface area (Å²) in [4.78, 5) is 8.49. The van der Waals surface area contributed by atoms with Crippen LogP contribution in [0.25, 0.3) is 0 Å². The molecule has 0 amide bonds. The van der Waals surface area contributed by atoms with E-state index in [4.69, 9.17) is 0 Å². The van der Waals surface area contributed by atoms with Crippen LogP contribution in [-0.2, 0) is 6.54 Å². The zero-order valence-electron chi connectivity index (χ0n) is 16.0. The number of rotatable bonds is 6. The van der Waals surface area contributed by atoms with Gasteiger partial charge in [-0.25, -0.2) is 4.98 Å². The Labute approximate surface area is 171 Å². The predicted molar refractivity (Wildman–Crippen MR) is 104 cm³/mol. The van der Waals surface area contributed by atoms with Crippen molar-refractivity contribution in [3.63, 3.8) is 0 Å². The lowest BCUT2D eigenvalue weighted by atomic mass is 10.00. The van der Waals surface area contributed by atoms with Crippen LogP contribution in [0, 0.1) is 11.3 Å². The van der Waals surface area contributed by atoms with Crippen LogP contribution in [0.4, 0.5) is 24.9 Å². The number of hydrogen-bond donors (Lipinski definition) is 3. The van der Waals surface area contributed by atoms with Gasteiger partial charge >= 0.3 is 6.36 Å². The Morgan fingerprint density at radius 3 is 2.63 bits per heavy atom. The molecule has 2 aliphatic rings. The summed E-state index contributed by atoms with van der Waals surface area (Å²) in [7, 11) is 0. The maximum atomic E-state index is 12.6. The number of para-hydroxylation sites is 1. The highest BCUT2D eigenvalue weighted by Gasteiger charge is 2.34. The van der Waals surface area contributed by atoms with E-state index in [0.29, 0.717) is 29.0 Å². The smallest absolute Gasteiger partial charge is 0.405 e. The van der Waals surface area contributed by atoms with Crippen molar-refractivity contribution in [2.45, 2.75) is 56.7 Å². The van der Waals surface area contributed by atoms with E-state index in [1.807, 2.05) is 0 Å². The second kappa shape index (κ2) is 8.36. The van der Waals surface area contributed by atoms with E-state index >= 15 is 0 Å². The average molecular weight is 418 g/mol. The molecule has 0 aliphatic carbocycles. The monoisotopic (exact) mass is 418 g/mol. The second-order valence-electron chi connectivity index (χ2n) is 7.53. The molecule has 1 aromatic heterocycles. The number of nitrogens with one attached hydrogen (secondary N) is 3. The number of ether oxygens (including phenoxy) is 1. The molecule has 4 rings (SSSR count). The van der Waals surface area contributed by atoms with Crippen LogP contribution in [0.5, 0.6) is 5.75 Å². The lowest BCUT2D eigenvalue weighted by Crippen LogP contribution is -2.43. The fourth-order valence-corrected chi connectivity index (χ4v) is 4.08. The van der Waals surface area contributed by atoms with E-state index in [0.717, 1.165) is 25.7 Å². The molecule has 0 spiro atoms. The highest BCUT2D eigenvalue weighted by molar-refractivity contribution is 5.54. The Balaban J connectivity index is 1.46. The van der Waals surface area contributed by atoms with Gasteiger partial charge in [-0.2, -0.15) is 10.2 Å². The third kappa shape index (κ3) is 4.91. The Morgan fingerprint density at radius 2 is 1.93 bits per heavy atom. The summed E-state index contributed by atoms with van der Waals surface area (Å²) in [6.07, 6.45) is 0.859. The summed E-state index contributed by atoms with van der Waals surface area (Å²) in [5.41, 5.74) is 0.638. The van der Waals surface area contributed by atoms with Crippen molar-refractivity contribution in [3.8, 4) is 11.8 Å². The van der Waals surface area contributed by atoms with Crippen molar-refractivity contribution in [1.82, 2.24) is 15.3 Å². The number of benzene rings is 1. The Morgan fingerprint density at radius 1 is 1.20 bits per heavy atom. The highest BCUT2D eigenvalue weighted by atomic mass is 19.4. The quantitative estimate of drug-likeness (QED) is 0.660. The molecule has 2 fully saturated rings. The molecule has 1 unspecified atom stereocenters. The zero-order valence-corrected chi connectivity index (χ0v) is 16.0. The van der Waals surface area contributed by atoms with Crippen molar-refractivity contribution in [2.24, 2.45) is 0 Å². The lowest BCUT2D eigenvalue weighted by molar-refractivity contribution is -0.274. The fraction of sp³-hybridized carbons (Fsp3) is 0.450. The molecule has 3 atom stereocenters. The summed E-state index contributed by atoms with van der Waals surface area (Å²) in [5, 5.41) is 19.2. The minimum atomic E-state index is -4.77. The number of fused-ring (bicyclic) bond motifs is 2. The summed E-state index contributed by atoms with van der Waals surface area (Å²) >= 11 is 0. The molecule has 3 N–H and O–H groups in total. The van der Waals surface area contributed by atoms with Crippen LogP contribution in [-0.4, -0.2) is 34.5 Å². The number of nitrogens with zero attached hydrogens (tertiary/aromatic N) is 3. The lowest BCUT2D eigenvalue weighted by Gasteiger charge is -2.30. The van der Waals surface area contributed by atoms with Crippen LogP contribution in [0.3, 0.4) is 0 Å². The minimum Gasteiger partial charge on any atom is -0.405 e. The minimum absolute atomic E-state index is 0.0368. The Bertz CT molecular complexity index is 933. The molecule has 0 radical (unpaired) electrons. The van der Waals surface area contributed by atoms with Gasteiger partial charge in [0.05, 0.1) is 6.20 Å². The third-order valence-electron chi connectivity index (χ3n) is 5.36. The van der Waals surface area contributed by atoms with Crippen molar-refractivity contribution in [1.29, 1.82) is 5.26 Å². The number of anilines is 2. The molecular weight excluding hydrogens is 397 g/mol. The largest absolute Gasteiger partial charge is 0.573 e. The fourth-order valence-electron chi connectivity index (χ4n) is 4.08. The zero-order chi connectivity index (χ0) is 21.1. The number of piperidine rings is 1. The van der Waals surface area contributed by atoms with Gasteiger partial charge in [0.25, 0.3) is 0 Å². The molecule has 2 saturated heterocycles.